The van der Waals surface area contributed by atoms with Gasteiger partial charge in [0.15, 0.2) is 0 Å². The summed E-state index contributed by atoms with van der Waals surface area (Å²) in [7, 11) is 0. The number of aryl methyl sites for hydroxylation is 5. The van der Waals surface area contributed by atoms with E-state index in [0.717, 1.165) is 22.2 Å². The summed E-state index contributed by atoms with van der Waals surface area (Å²) in [5, 5.41) is 147. The minimum absolute atomic E-state index is 0.0223. The van der Waals surface area contributed by atoms with Crippen molar-refractivity contribution in [2.75, 3.05) is 52.9 Å². The molecule has 0 aliphatic heterocycles. The number of esters is 4. The van der Waals surface area contributed by atoms with Gasteiger partial charge in [-0.05, 0) is 178 Å². The Kier molecular flexibility index (Phi) is 30.9. The number of fused-ring (bicyclic) bond motifs is 5. The number of benzene rings is 10. The van der Waals surface area contributed by atoms with Crippen LogP contribution in [0.15, 0.2) is 182 Å². The maximum absolute atomic E-state index is 14.5. The van der Waals surface area contributed by atoms with E-state index in [-0.39, 0.29) is 91.9 Å². The van der Waals surface area contributed by atoms with E-state index in [0.29, 0.717) is 123 Å². The Bertz CT molecular complexity index is 6160. The molecule has 0 amide bonds. The number of nitrogens with zero attached hydrogens (tertiary/aromatic N) is 15. The first kappa shape index (κ1) is 102. The summed E-state index contributed by atoms with van der Waals surface area (Å²) in [5.41, 5.74) is 9.26. The second kappa shape index (κ2) is 42.2. The average molecular weight is 1900 g/mol. The molecule has 0 atom stereocenters. The minimum Gasteiger partial charge on any atom is -0.505 e. The van der Waals surface area contributed by atoms with Crippen LogP contribution < -0.4 is 0 Å². The number of aromatic hydroxyl groups is 5. The van der Waals surface area contributed by atoms with Gasteiger partial charge >= 0.3 is 29.8 Å². The van der Waals surface area contributed by atoms with Crippen molar-refractivity contribution in [2.45, 2.75) is 195 Å². The Labute approximate surface area is 803 Å². The molecule has 0 fully saturated rings. The molecule has 0 saturated carbocycles. The Morgan fingerprint density at radius 1 is 0.252 bits per heavy atom. The van der Waals surface area contributed by atoms with Gasteiger partial charge in [0, 0.05) is 59.9 Å². The zero-order valence-electron chi connectivity index (χ0n) is 80.9. The molecule has 0 spiro atoms. The zero-order valence-corrected chi connectivity index (χ0v) is 80.9. The second-order valence-electron chi connectivity index (χ2n) is 40.4. The number of carbonyl (C=O) groups excluding carboxylic acids is 4. The first-order chi connectivity index (χ1) is 65.7. The summed E-state index contributed by atoms with van der Waals surface area (Å²) >= 11 is 0. The van der Waals surface area contributed by atoms with Crippen LogP contribution in [0.25, 0.3) is 83.6 Å². The van der Waals surface area contributed by atoms with Gasteiger partial charge in [-0.15, -0.1) is 75.0 Å². The highest BCUT2D eigenvalue weighted by Crippen LogP contribution is 2.43. The molecule has 139 heavy (non-hydrogen) atoms. The van der Waals surface area contributed by atoms with E-state index >= 15 is 0 Å². The van der Waals surface area contributed by atoms with Gasteiger partial charge in [-0.3, -0.25) is 24.0 Å². The SMILES string of the molecule is CC(C)(C)c1cc(CCC(=O)O)cc(-n2nc3ccccc3n2)c1O.CC(C)(C)c1cc(CCC(=O)OCC(COC(=O)CCc2cc(-n3nc4ccccc4n3)c(O)c(C(C)(C)C)c2)(COC(=O)CCc2cc(-n3nc4ccccc4n3)c(O)c(C(C)(C)C)c2)COC(=O)CCc2cc(-n3nc4ccccc4n3)c(O)c(C(C)(C)C)c2)cc(-n2nc3ccccc3n2)c1O.OCC(CO)(CO)CO. The van der Waals surface area contributed by atoms with E-state index in [1.807, 2.05) is 256 Å². The predicted octanol–water partition coefficient (Wildman–Crippen LogP) is 15.0. The Morgan fingerprint density at radius 3 is 0.547 bits per heavy atom. The van der Waals surface area contributed by atoms with E-state index < -0.39 is 115 Å². The van der Waals surface area contributed by atoms with Crippen molar-refractivity contribution in [1.82, 2.24) is 75.0 Å². The van der Waals surface area contributed by atoms with Gasteiger partial charge in [0.2, 0.25) is 0 Å². The van der Waals surface area contributed by atoms with E-state index in [1.54, 1.807) is 30.3 Å². The molecule has 5 aromatic heterocycles. The molecular weight excluding hydrogens is 1780 g/mol. The monoisotopic (exact) mass is 1900 g/mol. The molecule has 34 heteroatoms. The zero-order chi connectivity index (χ0) is 100. The van der Waals surface area contributed by atoms with Gasteiger partial charge in [0.05, 0.1) is 31.8 Å². The van der Waals surface area contributed by atoms with Crippen LogP contribution in [0.4, 0.5) is 0 Å². The number of aliphatic hydroxyl groups excluding tert-OH is 4. The predicted molar refractivity (Wildman–Crippen MR) is 522 cm³/mol. The number of aliphatic carboxylic acids is 1. The number of hydrogen-bond donors (Lipinski definition) is 10. The topological polar surface area (TPSA) is 478 Å². The second-order valence-corrected chi connectivity index (χ2v) is 40.4. The van der Waals surface area contributed by atoms with Crippen LogP contribution in [-0.4, -0.2) is 209 Å². The molecule has 10 aromatic carbocycles. The molecule has 5 heterocycles. The molecule has 34 nitrogen and oxygen atoms in total. The molecule has 0 aliphatic carbocycles. The van der Waals surface area contributed by atoms with Crippen LogP contribution in [0.3, 0.4) is 0 Å². The third-order valence-electron chi connectivity index (χ3n) is 23.9. The van der Waals surface area contributed by atoms with Gasteiger partial charge in [-0.1, -0.05) is 195 Å². The number of phenols is 5. The van der Waals surface area contributed by atoms with Crippen LogP contribution in [0.5, 0.6) is 28.7 Å². The van der Waals surface area contributed by atoms with Crippen LogP contribution in [0.2, 0.25) is 0 Å². The van der Waals surface area contributed by atoms with Crippen LogP contribution in [0.1, 0.15) is 192 Å². The fourth-order valence-electron chi connectivity index (χ4n) is 15.6. The first-order valence-electron chi connectivity index (χ1n) is 46.0. The van der Waals surface area contributed by atoms with Gasteiger partial charge in [-0.25, -0.2) is 0 Å². The Balaban J connectivity index is 0.000000400. The summed E-state index contributed by atoms with van der Waals surface area (Å²) in [5.74, 6) is -3.64. The normalized spacial score (nSPS) is 12.3. The lowest BCUT2D eigenvalue weighted by atomic mass is 9.84. The molecule has 0 saturated heterocycles. The molecule has 15 rings (SSSR count). The third kappa shape index (κ3) is 24.7. The summed E-state index contributed by atoms with van der Waals surface area (Å²) < 4.78 is 24.7. The molecular formula is C105H121N15O19. The largest absolute Gasteiger partial charge is 0.505 e. The van der Waals surface area contributed by atoms with Gasteiger partial charge in [0.1, 0.15) is 144 Å². The average Bonchev–Trinajstić information content (AvgIpc) is 1.74. The summed E-state index contributed by atoms with van der Waals surface area (Å²) in [4.78, 5) is 75.7. The van der Waals surface area contributed by atoms with Gasteiger partial charge < -0.3 is 70.0 Å². The number of carboxylic acid groups (broad SMARTS) is 1. The molecule has 0 radical (unpaired) electrons. The summed E-state index contributed by atoms with van der Waals surface area (Å²) in [6.45, 7) is 25.5. The molecule has 15 aromatic rings. The Hall–Kier alpha value is -14.6. The van der Waals surface area contributed by atoms with Crippen LogP contribution in [0, 0.1) is 10.8 Å². The van der Waals surface area contributed by atoms with Crippen molar-refractivity contribution in [3.63, 3.8) is 0 Å². The first-order valence-corrected chi connectivity index (χ1v) is 46.0. The maximum Gasteiger partial charge on any atom is 0.306 e. The quantitative estimate of drug-likeness (QED) is 0.0138. The van der Waals surface area contributed by atoms with Gasteiger partial charge in [0.25, 0.3) is 0 Å². The number of hydrogen-bond acceptors (Lipinski definition) is 28. The van der Waals surface area contributed by atoms with Crippen molar-refractivity contribution in [3.05, 3.63) is 238 Å². The fraction of sp³-hybridized carbons (Fsp3) is 0.381. The van der Waals surface area contributed by atoms with Crippen LogP contribution >= 0.6 is 0 Å². The van der Waals surface area contributed by atoms with E-state index in [1.165, 1.54) is 24.0 Å². The number of phenolic OH excluding ortho intramolecular Hbond substituents is 5. The van der Waals surface area contributed by atoms with Crippen LogP contribution in [-0.2, 0) is 102 Å². The van der Waals surface area contributed by atoms with E-state index in [9.17, 15) is 49.5 Å². The molecule has 730 valence electrons. The molecule has 0 bridgehead atoms. The molecule has 0 unspecified atom stereocenters. The maximum atomic E-state index is 14.5. The fourth-order valence-corrected chi connectivity index (χ4v) is 15.6. The lowest BCUT2D eigenvalue weighted by molar-refractivity contribution is -0.170. The standard InChI is InChI=1S/C81H88N12O12.C19H21N3O3.C5H12O4/c1-77(2,3)53-37-49(41-65(73(53)98)90-82-57-21-13-14-22-58(57)83-90)29-33-69(94)102-45-81(46-103-70(95)34-30-50-38-54(78(4,5)6)74(99)66(42-50)91-84-59-23-15-16-24-60(59)85-91,47-104-71(96)35-31-51-39-55(79(7,8)9)75(100)67(43-51)92-86-61-25-17-18-26-62(61)87-92)48-105-72(97)36-32-52-40-56(80(10,11)12)76(101)68(44-52)93-88-63-27-19-20-28-64(63)89-93;1-19(2,3)13-10-12(8-9-17(23)24)11-16(18(13)25)22-20-14-6-4-5-7-15(14)21-22;6-1-5(2-7,3-8)4-9/h13-28,37-44,98-101H,29-36,45-48H2,1-12H3;4-7,10-11,25H,8-9H2,1-3H3,(H,23,24);6-9H,1-4H2. The highest BCUT2D eigenvalue weighted by Gasteiger charge is 2.40. The summed E-state index contributed by atoms with van der Waals surface area (Å²) in [6.07, 6.45) is 0.109. The number of carbonyl (C=O) groups is 5. The Morgan fingerprint density at radius 2 is 0.410 bits per heavy atom. The number of rotatable bonds is 32. The third-order valence-corrected chi connectivity index (χ3v) is 23.9. The van der Waals surface area contributed by atoms with Crippen molar-refractivity contribution in [1.29, 1.82) is 0 Å². The molecule has 0 aliphatic rings. The highest BCUT2D eigenvalue weighted by atomic mass is 16.6. The number of ether oxygens (including phenoxy) is 4. The van der Waals surface area contributed by atoms with E-state index in [2.05, 4.69) is 51.0 Å². The summed E-state index contributed by atoms with van der Waals surface area (Å²) in [6, 6.07) is 54.6. The lowest BCUT2D eigenvalue weighted by Crippen LogP contribution is -2.44. The number of aliphatic hydroxyl groups is 4. The molecule has 10 N–H and O–H groups in total. The van der Waals surface area contributed by atoms with Gasteiger partial charge in [-0.2, -0.15) is 0 Å². The highest BCUT2D eigenvalue weighted by molar-refractivity contribution is 5.79. The van der Waals surface area contributed by atoms with E-state index in [4.69, 9.17) is 44.5 Å². The van der Waals surface area contributed by atoms with Crippen molar-refractivity contribution in [2.24, 2.45) is 10.8 Å². The van der Waals surface area contributed by atoms with Crippen molar-refractivity contribution >= 4 is 85.0 Å². The smallest absolute Gasteiger partial charge is 0.306 e. The van der Waals surface area contributed by atoms with Crippen molar-refractivity contribution in [3.8, 4) is 57.2 Å². The number of aromatic nitrogens is 15. The number of carboxylic acids is 1. The van der Waals surface area contributed by atoms with Crippen molar-refractivity contribution < 1.29 is 94.0 Å². The minimum atomic E-state index is -1.74. The lowest BCUT2D eigenvalue weighted by Gasteiger charge is -2.31.